The predicted molar refractivity (Wildman–Crippen MR) is 90.9 cm³/mol. The third kappa shape index (κ3) is 3.87. The number of hydrogen-bond donors (Lipinski definition) is 1. The highest BCUT2D eigenvalue weighted by Gasteiger charge is 2.17. The van der Waals surface area contributed by atoms with Crippen LogP contribution in [0.2, 0.25) is 0 Å². The molecule has 2 aromatic rings. The molecule has 0 saturated heterocycles. The molecule has 0 aliphatic rings. The zero-order valence-corrected chi connectivity index (χ0v) is 14.0. The number of aromatic nitrogens is 1. The van der Waals surface area contributed by atoms with Crippen molar-refractivity contribution >= 4 is 23.2 Å². The van der Waals surface area contributed by atoms with Crippen molar-refractivity contribution in [3.8, 4) is 0 Å². The van der Waals surface area contributed by atoms with Crippen molar-refractivity contribution in [3.63, 3.8) is 0 Å². The zero-order chi connectivity index (χ0) is 17.9. The van der Waals surface area contributed by atoms with Gasteiger partial charge in [-0.05, 0) is 30.3 Å². The lowest BCUT2D eigenvalue weighted by Crippen LogP contribution is -2.24. The van der Waals surface area contributed by atoms with Crippen molar-refractivity contribution in [3.05, 3.63) is 53.6 Å². The number of rotatable bonds is 4. The minimum absolute atomic E-state index is 0.0807. The van der Waals surface area contributed by atoms with Crippen LogP contribution in [0.3, 0.4) is 0 Å². The average molecular weight is 330 g/mol. The summed E-state index contributed by atoms with van der Waals surface area (Å²) in [5.74, 6) is -1.43. The molecule has 0 radical (unpaired) electrons. The first-order valence-corrected chi connectivity index (χ1v) is 7.25. The van der Waals surface area contributed by atoms with Gasteiger partial charge in [-0.1, -0.05) is 0 Å². The molecule has 6 nitrogen and oxygen atoms in total. The first-order valence-electron chi connectivity index (χ1n) is 7.25. The van der Waals surface area contributed by atoms with Crippen LogP contribution in [0, 0.1) is 5.82 Å². The summed E-state index contributed by atoms with van der Waals surface area (Å²) in [5, 5.41) is 2.62. The van der Waals surface area contributed by atoms with Gasteiger partial charge < -0.3 is 15.1 Å². The molecule has 0 bridgehead atoms. The van der Waals surface area contributed by atoms with Crippen molar-refractivity contribution < 1.29 is 14.0 Å². The van der Waals surface area contributed by atoms with E-state index in [2.05, 4.69) is 10.3 Å². The lowest BCUT2D eigenvalue weighted by Gasteiger charge is -2.16. The van der Waals surface area contributed by atoms with Gasteiger partial charge in [0.1, 0.15) is 11.5 Å². The normalized spacial score (nSPS) is 10.2. The van der Waals surface area contributed by atoms with Crippen LogP contribution in [-0.2, 0) is 0 Å². The first-order chi connectivity index (χ1) is 11.3. The summed E-state index contributed by atoms with van der Waals surface area (Å²) in [6.45, 7) is 0. The lowest BCUT2D eigenvalue weighted by atomic mass is 10.1. The van der Waals surface area contributed by atoms with Crippen LogP contribution in [0.15, 0.2) is 36.5 Å². The second-order valence-electron chi connectivity index (χ2n) is 5.64. The average Bonchev–Trinajstić information content (AvgIpc) is 2.55. The first kappa shape index (κ1) is 17.4. The van der Waals surface area contributed by atoms with Gasteiger partial charge in [0.2, 0.25) is 0 Å². The highest BCUT2D eigenvalue weighted by molar-refractivity contribution is 6.08. The van der Waals surface area contributed by atoms with Crippen molar-refractivity contribution in [1.29, 1.82) is 0 Å². The molecule has 1 aromatic carbocycles. The van der Waals surface area contributed by atoms with E-state index in [-0.39, 0.29) is 16.9 Å². The van der Waals surface area contributed by atoms with Crippen molar-refractivity contribution in [1.82, 2.24) is 9.88 Å². The summed E-state index contributed by atoms with van der Waals surface area (Å²) in [7, 11) is 6.82. The van der Waals surface area contributed by atoms with Gasteiger partial charge in [-0.3, -0.25) is 14.6 Å². The van der Waals surface area contributed by atoms with Crippen LogP contribution in [-0.4, -0.2) is 49.9 Å². The molecule has 126 valence electrons. The third-order valence-corrected chi connectivity index (χ3v) is 3.36. The summed E-state index contributed by atoms with van der Waals surface area (Å²) < 4.78 is 13.5. The number of carbonyl (C=O) groups excluding carboxylic acids is 2. The number of nitrogens with one attached hydrogen (secondary N) is 1. The van der Waals surface area contributed by atoms with Gasteiger partial charge in [-0.15, -0.1) is 0 Å². The van der Waals surface area contributed by atoms with E-state index < -0.39 is 17.6 Å². The molecule has 0 atom stereocenters. The fraction of sp³-hybridized carbons (Fsp3) is 0.235. The van der Waals surface area contributed by atoms with Gasteiger partial charge in [-0.25, -0.2) is 4.39 Å². The van der Waals surface area contributed by atoms with E-state index in [0.29, 0.717) is 0 Å². The smallest absolute Gasteiger partial charge is 0.274 e. The second kappa shape index (κ2) is 7.08. The van der Waals surface area contributed by atoms with Crippen LogP contribution in [0.25, 0.3) is 0 Å². The molecule has 24 heavy (non-hydrogen) atoms. The molecule has 0 unspecified atom stereocenters. The van der Waals surface area contributed by atoms with Crippen LogP contribution < -0.4 is 10.2 Å². The van der Waals surface area contributed by atoms with Crippen LogP contribution in [0.5, 0.6) is 0 Å². The maximum absolute atomic E-state index is 13.5. The second-order valence-corrected chi connectivity index (χ2v) is 5.64. The Balaban J connectivity index is 2.32. The Kier molecular flexibility index (Phi) is 5.13. The highest BCUT2D eigenvalue weighted by Crippen LogP contribution is 2.20. The summed E-state index contributed by atoms with van der Waals surface area (Å²) in [4.78, 5) is 31.8. The number of nitrogens with zero attached hydrogens (tertiary/aromatic N) is 3. The van der Waals surface area contributed by atoms with E-state index in [1.807, 2.05) is 19.0 Å². The summed E-state index contributed by atoms with van der Waals surface area (Å²) in [6.07, 6.45) is 1.53. The highest BCUT2D eigenvalue weighted by atomic mass is 19.1. The van der Waals surface area contributed by atoms with Gasteiger partial charge in [0.05, 0.1) is 11.3 Å². The van der Waals surface area contributed by atoms with E-state index in [1.165, 1.54) is 23.2 Å². The molecule has 0 saturated carbocycles. The number of benzene rings is 1. The third-order valence-electron chi connectivity index (χ3n) is 3.36. The quantitative estimate of drug-likeness (QED) is 0.934. The Morgan fingerprint density at radius 3 is 2.42 bits per heavy atom. The lowest BCUT2D eigenvalue weighted by molar-refractivity contribution is 0.0828. The molecule has 0 aliphatic heterocycles. The topological polar surface area (TPSA) is 65.5 Å². The number of amides is 2. The van der Waals surface area contributed by atoms with Gasteiger partial charge in [-0.2, -0.15) is 0 Å². The van der Waals surface area contributed by atoms with Crippen molar-refractivity contribution in [2.24, 2.45) is 0 Å². The molecule has 0 spiro atoms. The Hall–Kier alpha value is -2.96. The Morgan fingerprint density at radius 2 is 1.79 bits per heavy atom. The zero-order valence-electron chi connectivity index (χ0n) is 14.0. The fourth-order valence-electron chi connectivity index (χ4n) is 2.05. The van der Waals surface area contributed by atoms with Gasteiger partial charge in [0.15, 0.2) is 0 Å². The molecular weight excluding hydrogens is 311 g/mol. The van der Waals surface area contributed by atoms with E-state index >= 15 is 0 Å². The van der Waals surface area contributed by atoms with Crippen LogP contribution in [0.4, 0.5) is 15.8 Å². The maximum atomic E-state index is 13.5. The molecular formula is C17H19FN4O2. The Bertz CT molecular complexity index is 775. The van der Waals surface area contributed by atoms with Crippen molar-refractivity contribution in [2.75, 3.05) is 38.4 Å². The van der Waals surface area contributed by atoms with E-state index in [9.17, 15) is 14.0 Å². The van der Waals surface area contributed by atoms with Crippen molar-refractivity contribution in [2.45, 2.75) is 0 Å². The van der Waals surface area contributed by atoms with E-state index in [0.717, 1.165) is 11.8 Å². The minimum Gasteiger partial charge on any atom is -0.378 e. The van der Waals surface area contributed by atoms with Gasteiger partial charge in [0, 0.05) is 40.1 Å². The number of carbonyl (C=O) groups is 2. The molecule has 1 N–H and O–H groups in total. The van der Waals surface area contributed by atoms with E-state index in [4.69, 9.17) is 0 Å². The summed E-state index contributed by atoms with van der Waals surface area (Å²) in [6, 6.07) is 7.05. The summed E-state index contributed by atoms with van der Waals surface area (Å²) in [5.41, 5.74) is 1.34. The van der Waals surface area contributed by atoms with E-state index in [1.54, 1.807) is 26.2 Å². The number of pyridine rings is 1. The predicted octanol–water partition coefficient (Wildman–Crippen LogP) is 2.24. The molecule has 0 aliphatic carbocycles. The maximum Gasteiger partial charge on any atom is 0.274 e. The number of halogens is 1. The standard InChI is InChI=1S/C17H19FN4O2/c1-21(2)12-7-8-19-15(10-12)16(23)20-14-6-5-11(18)9-13(14)17(24)22(3)4/h5-10H,1-4H3,(H,20,23). The summed E-state index contributed by atoms with van der Waals surface area (Å²) >= 11 is 0. The Morgan fingerprint density at radius 1 is 1.08 bits per heavy atom. The molecule has 1 heterocycles. The molecule has 2 rings (SSSR count). The number of hydrogen-bond acceptors (Lipinski definition) is 4. The largest absolute Gasteiger partial charge is 0.378 e. The minimum atomic E-state index is -0.550. The SMILES string of the molecule is CN(C)C(=O)c1cc(F)ccc1NC(=O)c1cc(N(C)C)ccn1. The molecule has 7 heteroatoms. The van der Waals surface area contributed by atoms with Gasteiger partial charge in [0.25, 0.3) is 11.8 Å². The van der Waals surface area contributed by atoms with Crippen LogP contribution in [0.1, 0.15) is 20.8 Å². The fourth-order valence-corrected chi connectivity index (χ4v) is 2.05. The molecule has 2 amide bonds. The van der Waals surface area contributed by atoms with Crippen LogP contribution >= 0.6 is 0 Å². The molecule has 1 aromatic heterocycles. The van der Waals surface area contributed by atoms with Gasteiger partial charge >= 0.3 is 0 Å². The molecule has 0 fully saturated rings. The Labute approximate surface area is 139 Å². The monoisotopic (exact) mass is 330 g/mol. The number of anilines is 2.